The molecular formula is C27H31N5O5S. The second kappa shape index (κ2) is 14.6. The lowest BCUT2D eigenvalue weighted by molar-refractivity contribution is -0.134. The molecule has 11 heteroatoms. The summed E-state index contributed by atoms with van der Waals surface area (Å²) >= 11 is 1.46. The third-order valence-corrected chi connectivity index (χ3v) is 6.56. The molecule has 0 atom stereocenters. The van der Waals surface area contributed by atoms with Crippen LogP contribution in [0.3, 0.4) is 0 Å². The summed E-state index contributed by atoms with van der Waals surface area (Å²) in [5.41, 5.74) is 3.67. The number of carboxylic acids is 2. The number of amides is 2. The summed E-state index contributed by atoms with van der Waals surface area (Å²) in [6.07, 6.45) is 1.12. The molecule has 1 aromatic heterocycles. The van der Waals surface area contributed by atoms with E-state index in [0.717, 1.165) is 38.4 Å². The zero-order chi connectivity index (χ0) is 27.3. The number of anilines is 1. The minimum absolute atomic E-state index is 0.239. The summed E-state index contributed by atoms with van der Waals surface area (Å²) in [6.45, 7) is 4.79. The minimum Gasteiger partial charge on any atom is -0.478 e. The zero-order valence-corrected chi connectivity index (χ0v) is 21.8. The quantitative estimate of drug-likeness (QED) is 0.321. The number of hydrogen-bond donors (Lipinski definition) is 4. The molecule has 3 aromatic rings. The van der Waals surface area contributed by atoms with Gasteiger partial charge in [0.25, 0.3) is 0 Å². The molecule has 10 nitrogen and oxygen atoms in total. The van der Waals surface area contributed by atoms with Crippen LogP contribution in [0.5, 0.6) is 0 Å². The highest BCUT2D eigenvalue weighted by atomic mass is 32.1. The van der Waals surface area contributed by atoms with Gasteiger partial charge in [0, 0.05) is 57.3 Å². The van der Waals surface area contributed by atoms with Crippen LogP contribution in [-0.2, 0) is 16.1 Å². The number of aromatic nitrogens is 1. The molecule has 0 bridgehead atoms. The van der Waals surface area contributed by atoms with Gasteiger partial charge in [0.05, 0.1) is 11.7 Å². The van der Waals surface area contributed by atoms with Crippen molar-refractivity contribution < 1.29 is 24.6 Å². The maximum atomic E-state index is 11.4. The van der Waals surface area contributed by atoms with E-state index in [1.807, 2.05) is 5.38 Å². The first-order valence-electron chi connectivity index (χ1n) is 12.0. The number of thiazole rings is 1. The van der Waals surface area contributed by atoms with Crippen LogP contribution in [0.25, 0.3) is 0 Å². The van der Waals surface area contributed by atoms with Crippen LogP contribution in [0.2, 0.25) is 0 Å². The number of hydrogen-bond acceptors (Lipinski definition) is 7. The molecule has 0 spiro atoms. The van der Waals surface area contributed by atoms with Gasteiger partial charge in [0.2, 0.25) is 0 Å². The molecule has 1 aliphatic rings. The molecule has 4 rings (SSSR count). The van der Waals surface area contributed by atoms with E-state index in [4.69, 9.17) is 10.2 Å². The molecule has 1 saturated heterocycles. The van der Waals surface area contributed by atoms with Gasteiger partial charge in [-0.2, -0.15) is 0 Å². The Labute approximate surface area is 225 Å². The number of rotatable bonds is 8. The lowest BCUT2D eigenvalue weighted by Gasteiger charge is -2.39. The van der Waals surface area contributed by atoms with E-state index >= 15 is 0 Å². The van der Waals surface area contributed by atoms with Gasteiger partial charge >= 0.3 is 18.0 Å². The van der Waals surface area contributed by atoms with Crippen molar-refractivity contribution in [3.8, 4) is 0 Å². The molecule has 0 saturated carbocycles. The molecule has 4 N–H and O–H groups in total. The highest BCUT2D eigenvalue weighted by Crippen LogP contribution is 2.29. The van der Waals surface area contributed by atoms with Crippen molar-refractivity contribution in [2.75, 3.05) is 38.5 Å². The molecule has 0 unspecified atom stereocenters. The van der Waals surface area contributed by atoms with Crippen LogP contribution in [0.4, 0.5) is 9.93 Å². The van der Waals surface area contributed by atoms with Crippen LogP contribution in [-0.4, -0.2) is 76.2 Å². The van der Waals surface area contributed by atoms with Crippen LogP contribution < -0.4 is 10.6 Å². The van der Waals surface area contributed by atoms with Crippen molar-refractivity contribution >= 4 is 34.4 Å². The summed E-state index contributed by atoms with van der Waals surface area (Å²) in [5, 5.41) is 23.6. The van der Waals surface area contributed by atoms with Crippen molar-refractivity contribution in [1.82, 2.24) is 20.1 Å². The largest absolute Gasteiger partial charge is 0.478 e. The Bertz CT molecular complexity index is 1160. The molecule has 0 aliphatic carbocycles. The number of nitrogens with one attached hydrogen (secondary N) is 2. The number of carbonyl (C=O) groups excluding carboxylic acids is 1. The van der Waals surface area contributed by atoms with Crippen LogP contribution >= 0.6 is 11.3 Å². The average molecular weight is 538 g/mol. The monoisotopic (exact) mass is 537 g/mol. The Morgan fingerprint density at radius 1 is 0.921 bits per heavy atom. The van der Waals surface area contributed by atoms with Gasteiger partial charge in [-0.15, -0.1) is 11.3 Å². The summed E-state index contributed by atoms with van der Waals surface area (Å²) in [6, 6.07) is 21.6. The fraction of sp³-hybridized carbons (Fsp3) is 0.259. The Kier molecular flexibility index (Phi) is 11.0. The number of aliphatic carboxylic acids is 2. The predicted octanol–water partition coefficient (Wildman–Crippen LogP) is 3.51. The smallest absolute Gasteiger partial charge is 0.328 e. The highest BCUT2D eigenvalue weighted by Gasteiger charge is 2.26. The van der Waals surface area contributed by atoms with Crippen molar-refractivity contribution in [3.05, 3.63) is 95.0 Å². The lowest BCUT2D eigenvalue weighted by Crippen LogP contribution is -2.47. The summed E-state index contributed by atoms with van der Waals surface area (Å²) < 4.78 is 0. The highest BCUT2D eigenvalue weighted by molar-refractivity contribution is 7.13. The molecule has 2 aromatic carbocycles. The zero-order valence-electron chi connectivity index (χ0n) is 21.0. The van der Waals surface area contributed by atoms with Crippen molar-refractivity contribution in [2.24, 2.45) is 0 Å². The van der Waals surface area contributed by atoms with Crippen LogP contribution in [0.1, 0.15) is 22.9 Å². The summed E-state index contributed by atoms with van der Waals surface area (Å²) in [7, 11) is 1.60. The van der Waals surface area contributed by atoms with E-state index < -0.39 is 11.9 Å². The van der Waals surface area contributed by atoms with Gasteiger partial charge in [0.15, 0.2) is 5.13 Å². The first kappa shape index (κ1) is 28.5. The normalized spacial score (nSPS) is 14.1. The maximum absolute atomic E-state index is 11.4. The van der Waals surface area contributed by atoms with E-state index in [1.54, 1.807) is 7.05 Å². The minimum atomic E-state index is -1.26. The van der Waals surface area contributed by atoms with Gasteiger partial charge < -0.3 is 15.5 Å². The number of nitrogens with zero attached hydrogens (tertiary/aromatic N) is 3. The molecule has 2 amide bonds. The SMILES string of the molecule is CNC(=O)Nc1nc(CN2CCN(C(c3ccccc3)c3ccccc3)CC2)cs1.O=C(O)/C=C/C(=O)O. The second-order valence-electron chi connectivity index (χ2n) is 8.39. The molecule has 0 radical (unpaired) electrons. The standard InChI is InChI=1S/C23H27N5OS.C4H4O4/c1-24-22(29)26-23-25-20(17-30-23)16-27-12-14-28(15-13-27)21(18-8-4-2-5-9-18)19-10-6-3-7-11-19;5-3(6)1-2-4(7)8/h2-11,17,21H,12-16H2,1H3,(H2,24,25,26,29);1-2H,(H,5,6)(H,7,8)/b;2-1+. The van der Waals surface area contributed by atoms with Gasteiger partial charge in [-0.25, -0.2) is 19.4 Å². The number of benzene rings is 2. The Hall–Kier alpha value is -4.06. The van der Waals surface area contributed by atoms with Gasteiger partial charge in [-0.05, 0) is 11.1 Å². The van der Waals surface area contributed by atoms with Gasteiger partial charge in [-0.1, -0.05) is 60.7 Å². The topological polar surface area (TPSA) is 135 Å². The van der Waals surface area contributed by atoms with E-state index in [-0.39, 0.29) is 12.1 Å². The average Bonchev–Trinajstić information content (AvgIpc) is 3.36. The number of carboxylic acid groups (broad SMARTS) is 2. The maximum Gasteiger partial charge on any atom is 0.328 e. The fourth-order valence-electron chi connectivity index (χ4n) is 4.03. The van der Waals surface area contributed by atoms with E-state index in [1.165, 1.54) is 22.5 Å². The molecule has 1 fully saturated rings. The van der Waals surface area contributed by atoms with Crippen LogP contribution in [0, 0.1) is 0 Å². The number of carbonyl (C=O) groups is 3. The van der Waals surface area contributed by atoms with Crippen LogP contribution in [0.15, 0.2) is 78.2 Å². The number of urea groups is 1. The van der Waals surface area contributed by atoms with Crippen molar-refractivity contribution in [2.45, 2.75) is 12.6 Å². The Morgan fingerprint density at radius 2 is 1.45 bits per heavy atom. The van der Waals surface area contributed by atoms with E-state index in [9.17, 15) is 14.4 Å². The number of piperazine rings is 1. The Morgan fingerprint density at radius 3 is 1.92 bits per heavy atom. The van der Waals surface area contributed by atoms with Crippen molar-refractivity contribution in [3.63, 3.8) is 0 Å². The summed E-state index contributed by atoms with van der Waals surface area (Å²) in [5.74, 6) is -2.51. The van der Waals surface area contributed by atoms with E-state index in [0.29, 0.717) is 17.3 Å². The molecule has 1 aliphatic heterocycles. The molecule has 200 valence electrons. The fourth-order valence-corrected chi connectivity index (χ4v) is 4.73. The third-order valence-electron chi connectivity index (χ3n) is 5.76. The lowest BCUT2D eigenvalue weighted by atomic mass is 9.96. The summed E-state index contributed by atoms with van der Waals surface area (Å²) in [4.78, 5) is 40.1. The molecule has 2 heterocycles. The second-order valence-corrected chi connectivity index (χ2v) is 9.25. The van der Waals surface area contributed by atoms with E-state index in [2.05, 4.69) is 86.1 Å². The third kappa shape index (κ3) is 9.11. The predicted molar refractivity (Wildman–Crippen MR) is 146 cm³/mol. The first-order valence-corrected chi connectivity index (χ1v) is 12.9. The first-order chi connectivity index (χ1) is 18.4. The Balaban J connectivity index is 0.000000436. The van der Waals surface area contributed by atoms with Gasteiger partial charge in [0.1, 0.15) is 0 Å². The molecule has 38 heavy (non-hydrogen) atoms. The van der Waals surface area contributed by atoms with Crippen molar-refractivity contribution in [1.29, 1.82) is 0 Å². The van der Waals surface area contributed by atoms with Gasteiger partial charge in [-0.3, -0.25) is 15.1 Å². The molecular weight excluding hydrogens is 506 g/mol.